The highest BCUT2D eigenvalue weighted by atomic mass is 32.1. The maximum atomic E-state index is 2.49. The molecule has 0 aliphatic heterocycles. The van der Waals surface area contributed by atoms with E-state index >= 15 is 0 Å². The standard InChI is InChI=1S/C98H58S2/c1-2-24-59(25-3-1)90-76-40-10-12-42-78(76)93(79-43-13-11-41-77(79)90)68-33-23-29-63(55-68)69-57-86(96-88(58-69)95-75-39-9-5-35-71(75)73-37-7-19-49-85(73)98(95)100-96)65-30-20-26-60(52-65)61-27-21-31-66(53-61)91-80-44-14-16-46-82(80)92(83-47-17-15-45-81(83)91)67-32-22-28-62(54-67)64-50-51-89-87(56-64)94-74-38-8-4-34-70(74)72-36-6-18-48-84(72)97(94)99-89/h1-58H. The van der Waals surface area contributed by atoms with Gasteiger partial charge < -0.3 is 0 Å². The van der Waals surface area contributed by atoms with E-state index in [4.69, 9.17) is 0 Å². The molecule has 0 nitrogen and oxygen atoms in total. The van der Waals surface area contributed by atoms with Gasteiger partial charge in [-0.1, -0.05) is 303 Å². The van der Waals surface area contributed by atoms with Crippen LogP contribution in [0.5, 0.6) is 0 Å². The van der Waals surface area contributed by atoms with Gasteiger partial charge in [0.2, 0.25) is 0 Å². The normalized spacial score (nSPS) is 12.0. The summed E-state index contributed by atoms with van der Waals surface area (Å²) in [4.78, 5) is 0. The Bertz CT molecular complexity index is 6910. The molecule has 0 saturated heterocycles. The van der Waals surface area contributed by atoms with Crippen LogP contribution in [0.1, 0.15) is 0 Å². The SMILES string of the molecule is c1ccc(-c2c3ccccc3c(-c3cccc(-c4cc(-c5cccc(-c6cccc(-c7c8ccccc8c(-c8cccc(-c9ccc%10sc%11c%12ccccc%12c%12ccccc%12c%11c%10c9)c8)c8ccccc78)c6)c5)c5sc6c7ccccc7c7ccccc7c6c5c4)c3)c3ccccc23)cc1. The van der Waals surface area contributed by atoms with Crippen molar-refractivity contribution in [3.05, 3.63) is 352 Å². The van der Waals surface area contributed by atoms with Crippen LogP contribution in [0.3, 0.4) is 0 Å². The number of rotatable bonds is 8. The Morgan fingerprint density at radius 2 is 0.430 bits per heavy atom. The van der Waals surface area contributed by atoms with Crippen LogP contribution in [-0.2, 0) is 0 Å². The molecule has 0 unspecified atom stereocenters. The van der Waals surface area contributed by atoms with E-state index < -0.39 is 0 Å². The average molecular weight is 1300 g/mol. The van der Waals surface area contributed by atoms with E-state index in [2.05, 4.69) is 352 Å². The molecule has 0 atom stereocenters. The van der Waals surface area contributed by atoms with Crippen LogP contribution in [0, 0.1) is 0 Å². The quantitative estimate of drug-likeness (QED) is 0.105. The molecule has 21 rings (SSSR count). The van der Waals surface area contributed by atoms with Crippen molar-refractivity contribution in [2.75, 3.05) is 0 Å². The molecule has 0 saturated carbocycles. The fourth-order valence-electron chi connectivity index (χ4n) is 17.0. The lowest BCUT2D eigenvalue weighted by atomic mass is 9.85. The van der Waals surface area contributed by atoms with E-state index in [-0.39, 0.29) is 0 Å². The summed E-state index contributed by atoms with van der Waals surface area (Å²) in [5.41, 5.74) is 19.4. The first-order valence-corrected chi connectivity index (χ1v) is 36.2. The largest absolute Gasteiger partial charge is 0.135 e. The van der Waals surface area contributed by atoms with Gasteiger partial charge in [-0.05, 0) is 207 Å². The minimum absolute atomic E-state index is 1.17. The van der Waals surface area contributed by atoms with Gasteiger partial charge in [0.25, 0.3) is 0 Å². The first-order chi connectivity index (χ1) is 49.6. The summed E-state index contributed by atoms with van der Waals surface area (Å²) < 4.78 is 5.28. The fraction of sp³-hybridized carbons (Fsp3) is 0. The number of hydrogen-bond acceptors (Lipinski definition) is 2. The van der Waals surface area contributed by atoms with Crippen molar-refractivity contribution < 1.29 is 0 Å². The average Bonchev–Trinajstić information content (AvgIpc) is 1.40. The molecule has 0 N–H and O–H groups in total. The van der Waals surface area contributed by atoms with Crippen molar-refractivity contribution in [3.8, 4) is 89.0 Å². The molecule has 19 aromatic carbocycles. The summed E-state index contributed by atoms with van der Waals surface area (Å²) in [7, 11) is 0. The minimum atomic E-state index is 1.17. The first-order valence-electron chi connectivity index (χ1n) is 34.5. The van der Waals surface area contributed by atoms with E-state index in [1.165, 1.54) is 216 Å². The van der Waals surface area contributed by atoms with Crippen LogP contribution in [0.25, 0.3) is 216 Å². The van der Waals surface area contributed by atoms with Crippen molar-refractivity contribution in [1.82, 2.24) is 0 Å². The van der Waals surface area contributed by atoms with Crippen LogP contribution < -0.4 is 0 Å². The molecule has 0 aliphatic carbocycles. The van der Waals surface area contributed by atoms with E-state index in [1.54, 1.807) is 0 Å². The Morgan fingerprint density at radius 3 is 0.870 bits per heavy atom. The zero-order valence-corrected chi connectivity index (χ0v) is 55.9. The Labute approximate surface area is 585 Å². The van der Waals surface area contributed by atoms with E-state index in [0.29, 0.717) is 0 Å². The van der Waals surface area contributed by atoms with Crippen LogP contribution in [0.2, 0.25) is 0 Å². The molecular formula is C98H58S2. The van der Waals surface area contributed by atoms with Gasteiger partial charge in [0, 0.05) is 56.7 Å². The third kappa shape index (κ3) is 8.77. The van der Waals surface area contributed by atoms with Crippen molar-refractivity contribution in [1.29, 1.82) is 0 Å². The van der Waals surface area contributed by atoms with Crippen LogP contribution >= 0.6 is 22.7 Å². The first kappa shape index (κ1) is 56.8. The highest BCUT2D eigenvalue weighted by Crippen LogP contribution is 2.52. The molecule has 21 aromatic rings. The third-order valence-corrected chi connectivity index (χ3v) is 23.8. The molecule has 2 heterocycles. The molecule has 462 valence electrons. The predicted molar refractivity (Wildman–Crippen MR) is 436 cm³/mol. The maximum Gasteiger partial charge on any atom is 0.0440 e. The molecule has 0 fully saturated rings. The summed E-state index contributed by atoms with van der Waals surface area (Å²) in [5.74, 6) is 0. The molecule has 100 heavy (non-hydrogen) atoms. The lowest BCUT2D eigenvalue weighted by Gasteiger charge is -2.19. The fourth-order valence-corrected chi connectivity index (χ4v) is 19.6. The highest BCUT2D eigenvalue weighted by molar-refractivity contribution is 7.27. The van der Waals surface area contributed by atoms with Crippen LogP contribution in [0.4, 0.5) is 0 Å². The Kier molecular flexibility index (Phi) is 12.9. The predicted octanol–water partition coefficient (Wildman–Crippen LogP) is 29.0. The number of thiophene rings is 2. The molecule has 0 bridgehead atoms. The van der Waals surface area contributed by atoms with Gasteiger partial charge in [0.05, 0.1) is 0 Å². The minimum Gasteiger partial charge on any atom is -0.135 e. The van der Waals surface area contributed by atoms with E-state index in [9.17, 15) is 0 Å². The number of hydrogen-bond donors (Lipinski definition) is 0. The molecule has 2 aromatic heterocycles. The van der Waals surface area contributed by atoms with Crippen molar-refractivity contribution >= 4 is 149 Å². The lowest BCUT2D eigenvalue weighted by molar-refractivity contribution is 1.59. The van der Waals surface area contributed by atoms with Gasteiger partial charge in [-0.3, -0.25) is 0 Å². The lowest BCUT2D eigenvalue weighted by Crippen LogP contribution is -1.92. The summed E-state index contributed by atoms with van der Waals surface area (Å²) in [6.07, 6.45) is 0. The van der Waals surface area contributed by atoms with Crippen molar-refractivity contribution in [2.24, 2.45) is 0 Å². The second kappa shape index (κ2) is 22.6. The van der Waals surface area contributed by atoms with Crippen molar-refractivity contribution in [2.45, 2.75) is 0 Å². The van der Waals surface area contributed by atoms with E-state index in [1.807, 2.05) is 22.7 Å². The molecular weight excluding hydrogens is 1240 g/mol. The summed E-state index contributed by atoms with van der Waals surface area (Å²) in [5, 5.41) is 25.6. The second-order valence-electron chi connectivity index (χ2n) is 26.8. The molecule has 0 radical (unpaired) electrons. The highest BCUT2D eigenvalue weighted by Gasteiger charge is 2.24. The number of fused-ring (bicyclic) bond motifs is 20. The van der Waals surface area contributed by atoms with E-state index in [0.717, 1.165) is 0 Å². The molecule has 2 heteroatoms. The van der Waals surface area contributed by atoms with Gasteiger partial charge in [-0.25, -0.2) is 0 Å². The van der Waals surface area contributed by atoms with Gasteiger partial charge in [-0.15, -0.1) is 22.7 Å². The van der Waals surface area contributed by atoms with Gasteiger partial charge in [-0.2, -0.15) is 0 Å². The molecule has 0 aliphatic rings. The smallest absolute Gasteiger partial charge is 0.0440 e. The zero-order chi connectivity index (χ0) is 65.5. The van der Waals surface area contributed by atoms with Crippen LogP contribution in [0.15, 0.2) is 352 Å². The third-order valence-electron chi connectivity index (χ3n) is 21.3. The van der Waals surface area contributed by atoms with Crippen LogP contribution in [-0.4, -0.2) is 0 Å². The number of benzene rings is 19. The Hall–Kier alpha value is -12.3. The summed E-state index contributed by atoms with van der Waals surface area (Å²) in [6, 6.07) is 132. The monoisotopic (exact) mass is 1300 g/mol. The maximum absolute atomic E-state index is 2.49. The molecule has 0 amide bonds. The Morgan fingerprint density at radius 1 is 0.140 bits per heavy atom. The molecule has 0 spiro atoms. The van der Waals surface area contributed by atoms with Gasteiger partial charge >= 0.3 is 0 Å². The summed E-state index contributed by atoms with van der Waals surface area (Å²) in [6.45, 7) is 0. The topological polar surface area (TPSA) is 0 Å². The van der Waals surface area contributed by atoms with Crippen molar-refractivity contribution in [3.63, 3.8) is 0 Å². The summed E-state index contributed by atoms with van der Waals surface area (Å²) >= 11 is 3.85. The zero-order valence-electron chi connectivity index (χ0n) is 54.3. The van der Waals surface area contributed by atoms with Gasteiger partial charge in [0.1, 0.15) is 0 Å². The Balaban J connectivity index is 0.707. The second-order valence-corrected chi connectivity index (χ2v) is 28.9. The van der Waals surface area contributed by atoms with Gasteiger partial charge in [0.15, 0.2) is 0 Å².